The van der Waals surface area contributed by atoms with Crippen LogP contribution in [0.25, 0.3) is 10.9 Å². The number of carboxylic acids is 1. The van der Waals surface area contributed by atoms with Crippen molar-refractivity contribution in [3.05, 3.63) is 36.0 Å². The van der Waals surface area contributed by atoms with Crippen molar-refractivity contribution < 1.29 is 14.6 Å². The second-order valence-electron chi connectivity index (χ2n) is 9.37. The lowest BCUT2D eigenvalue weighted by atomic mass is 9.79. The lowest BCUT2D eigenvalue weighted by molar-refractivity contribution is -0.139. The summed E-state index contributed by atoms with van der Waals surface area (Å²) in [6.07, 6.45) is 12.9. The summed E-state index contributed by atoms with van der Waals surface area (Å²) < 4.78 is 5.40. The molecule has 1 aromatic heterocycles. The van der Waals surface area contributed by atoms with E-state index >= 15 is 0 Å². The molecule has 0 amide bonds. The molecule has 0 aliphatic carbocycles. The van der Waals surface area contributed by atoms with Crippen molar-refractivity contribution in [3.8, 4) is 5.75 Å². The number of aliphatic carboxylic acids is 1. The van der Waals surface area contributed by atoms with Gasteiger partial charge in [-0.3, -0.25) is 9.78 Å². The van der Waals surface area contributed by atoms with Crippen LogP contribution in [0, 0.1) is 11.8 Å². The van der Waals surface area contributed by atoms with Gasteiger partial charge in [0.2, 0.25) is 0 Å². The average Bonchev–Trinajstić information content (AvgIpc) is 2.79. The molecule has 176 valence electrons. The van der Waals surface area contributed by atoms with Crippen LogP contribution in [0.5, 0.6) is 5.75 Å². The van der Waals surface area contributed by atoms with Crippen molar-refractivity contribution >= 4 is 16.9 Å². The van der Waals surface area contributed by atoms with Gasteiger partial charge >= 0.3 is 5.97 Å². The van der Waals surface area contributed by atoms with E-state index in [9.17, 15) is 9.90 Å². The molecule has 2 heterocycles. The van der Waals surface area contributed by atoms with E-state index in [1.807, 2.05) is 18.3 Å². The fraction of sp³-hybridized carbons (Fsp3) is 0.630. The van der Waals surface area contributed by atoms with Crippen molar-refractivity contribution in [1.29, 1.82) is 0 Å². The summed E-state index contributed by atoms with van der Waals surface area (Å²) in [6, 6.07) is 8.15. The molecular weight excluding hydrogens is 400 g/mol. The first-order chi connectivity index (χ1) is 15.6. The van der Waals surface area contributed by atoms with E-state index in [4.69, 9.17) is 4.74 Å². The number of piperidine rings is 1. The van der Waals surface area contributed by atoms with Crippen LogP contribution in [0.3, 0.4) is 0 Å². The third-order valence-electron chi connectivity index (χ3n) is 7.05. The Kier molecular flexibility index (Phi) is 9.79. The van der Waals surface area contributed by atoms with Gasteiger partial charge in [-0.25, -0.2) is 0 Å². The summed E-state index contributed by atoms with van der Waals surface area (Å²) in [5.74, 6) is 0.976. The van der Waals surface area contributed by atoms with Crippen LogP contribution in [0.2, 0.25) is 0 Å². The number of aryl methyl sites for hydroxylation is 1. The smallest absolute Gasteiger partial charge is 0.303 e. The van der Waals surface area contributed by atoms with Gasteiger partial charge in [0.25, 0.3) is 0 Å². The highest BCUT2D eigenvalue weighted by molar-refractivity contribution is 5.83. The molecular formula is C27H40N2O3. The third-order valence-corrected chi connectivity index (χ3v) is 7.05. The molecule has 2 atom stereocenters. The highest BCUT2D eigenvalue weighted by Crippen LogP contribution is 2.32. The van der Waals surface area contributed by atoms with Crippen LogP contribution in [0.1, 0.15) is 70.3 Å². The van der Waals surface area contributed by atoms with E-state index in [2.05, 4.69) is 28.9 Å². The zero-order chi connectivity index (χ0) is 22.8. The van der Waals surface area contributed by atoms with Crippen molar-refractivity contribution in [2.75, 3.05) is 26.7 Å². The van der Waals surface area contributed by atoms with E-state index in [-0.39, 0.29) is 5.92 Å². The molecule has 5 heteroatoms. The Labute approximate surface area is 193 Å². The predicted octanol–water partition coefficient (Wildman–Crippen LogP) is 5.95. The number of carbonyl (C=O) groups is 1. The van der Waals surface area contributed by atoms with E-state index in [1.54, 1.807) is 7.11 Å². The minimum atomic E-state index is -0.656. The van der Waals surface area contributed by atoms with Crippen molar-refractivity contribution in [2.45, 2.75) is 71.1 Å². The van der Waals surface area contributed by atoms with Gasteiger partial charge in [-0.2, -0.15) is 0 Å². The van der Waals surface area contributed by atoms with Crippen molar-refractivity contribution in [3.63, 3.8) is 0 Å². The lowest BCUT2D eigenvalue weighted by Gasteiger charge is -2.38. The van der Waals surface area contributed by atoms with Gasteiger partial charge in [0.1, 0.15) is 5.75 Å². The van der Waals surface area contributed by atoms with Gasteiger partial charge in [0, 0.05) is 24.5 Å². The number of carboxylic acid groups (broad SMARTS) is 1. The van der Waals surface area contributed by atoms with E-state index in [0.29, 0.717) is 12.3 Å². The summed E-state index contributed by atoms with van der Waals surface area (Å²) in [6.45, 7) is 5.43. The maximum atomic E-state index is 11.5. The molecule has 0 spiro atoms. The summed E-state index contributed by atoms with van der Waals surface area (Å²) in [5, 5.41) is 10.6. The van der Waals surface area contributed by atoms with Gasteiger partial charge in [0.15, 0.2) is 0 Å². The summed E-state index contributed by atoms with van der Waals surface area (Å²) in [5.41, 5.74) is 2.30. The highest BCUT2D eigenvalue weighted by atomic mass is 16.5. The second-order valence-corrected chi connectivity index (χ2v) is 9.37. The third kappa shape index (κ3) is 7.19. The molecule has 3 rings (SSSR count). The maximum Gasteiger partial charge on any atom is 0.303 e. The molecule has 1 aliphatic heterocycles. The molecule has 1 aliphatic rings. The van der Waals surface area contributed by atoms with Gasteiger partial charge in [0.05, 0.1) is 12.6 Å². The highest BCUT2D eigenvalue weighted by Gasteiger charge is 2.30. The normalized spacial score (nSPS) is 19.3. The Balaban J connectivity index is 1.53. The minimum absolute atomic E-state index is 0.270. The molecule has 1 saturated heterocycles. The molecule has 32 heavy (non-hydrogen) atoms. The van der Waals surface area contributed by atoms with Gasteiger partial charge in [-0.05, 0) is 86.9 Å². The van der Waals surface area contributed by atoms with E-state index in [1.165, 1.54) is 37.7 Å². The summed E-state index contributed by atoms with van der Waals surface area (Å²) in [7, 11) is 1.69. The number of hydrogen-bond acceptors (Lipinski definition) is 4. The fourth-order valence-electron chi connectivity index (χ4n) is 5.22. The van der Waals surface area contributed by atoms with Gasteiger partial charge in [-0.1, -0.05) is 32.6 Å². The number of hydrogen-bond donors (Lipinski definition) is 1. The van der Waals surface area contributed by atoms with Crippen LogP contribution >= 0.6 is 0 Å². The Morgan fingerprint density at radius 3 is 2.78 bits per heavy atom. The molecule has 0 unspecified atom stereocenters. The minimum Gasteiger partial charge on any atom is -0.497 e. The summed E-state index contributed by atoms with van der Waals surface area (Å²) >= 11 is 0. The van der Waals surface area contributed by atoms with Crippen LogP contribution in [0.4, 0.5) is 0 Å². The number of rotatable bonds is 13. The van der Waals surface area contributed by atoms with Crippen LogP contribution in [0.15, 0.2) is 30.5 Å². The number of fused-ring (bicyclic) bond motifs is 1. The Bertz CT molecular complexity index is 854. The molecule has 0 bridgehead atoms. The standard InChI is InChI=1S/C27H40N2O3/c1-3-4-5-6-7-16-29-17-14-21(23(20-29)18-27(30)31)9-8-10-22-13-15-28-26-12-11-24(32-2)19-25(22)26/h11-13,15,19,21,23H,3-10,14,16-18,20H2,1-2H3,(H,30,31)/t21-,23+/m1/s1. The first-order valence-corrected chi connectivity index (χ1v) is 12.5. The first kappa shape index (κ1) is 24.5. The molecule has 1 N–H and O–H groups in total. The van der Waals surface area contributed by atoms with Crippen molar-refractivity contribution in [1.82, 2.24) is 9.88 Å². The number of aromatic nitrogens is 1. The largest absolute Gasteiger partial charge is 0.497 e. The first-order valence-electron chi connectivity index (χ1n) is 12.5. The lowest BCUT2D eigenvalue weighted by Crippen LogP contribution is -2.41. The zero-order valence-corrected chi connectivity index (χ0v) is 19.9. The number of likely N-dealkylation sites (tertiary alicyclic amines) is 1. The molecule has 1 aromatic carbocycles. The predicted molar refractivity (Wildman–Crippen MR) is 130 cm³/mol. The quantitative estimate of drug-likeness (QED) is 0.390. The van der Waals surface area contributed by atoms with E-state index < -0.39 is 5.97 Å². The second kappa shape index (κ2) is 12.8. The molecule has 2 aromatic rings. The molecule has 1 fully saturated rings. The Morgan fingerprint density at radius 1 is 1.16 bits per heavy atom. The SMILES string of the molecule is CCCCCCCN1CC[C@@H](CCCc2ccnc3ccc(OC)cc23)[C@@H](CC(=O)O)C1. The van der Waals surface area contributed by atoms with E-state index in [0.717, 1.165) is 62.0 Å². The van der Waals surface area contributed by atoms with Gasteiger partial charge in [-0.15, -0.1) is 0 Å². The number of pyridine rings is 1. The topological polar surface area (TPSA) is 62.7 Å². The maximum absolute atomic E-state index is 11.5. The van der Waals surface area contributed by atoms with Gasteiger partial charge < -0.3 is 14.7 Å². The number of methoxy groups -OCH3 is 1. The zero-order valence-electron chi connectivity index (χ0n) is 19.9. The summed E-state index contributed by atoms with van der Waals surface area (Å²) in [4.78, 5) is 18.5. The Hall–Kier alpha value is -2.14. The molecule has 0 saturated carbocycles. The Morgan fingerprint density at radius 2 is 2.00 bits per heavy atom. The van der Waals surface area contributed by atoms with Crippen molar-refractivity contribution in [2.24, 2.45) is 11.8 Å². The molecule has 5 nitrogen and oxygen atoms in total. The fourth-order valence-corrected chi connectivity index (χ4v) is 5.22. The average molecular weight is 441 g/mol. The van der Waals surface area contributed by atoms with Crippen LogP contribution in [-0.4, -0.2) is 47.7 Å². The molecule has 0 radical (unpaired) electrons. The van der Waals surface area contributed by atoms with Crippen LogP contribution < -0.4 is 4.74 Å². The number of ether oxygens (including phenoxy) is 1. The van der Waals surface area contributed by atoms with Crippen LogP contribution in [-0.2, 0) is 11.2 Å². The number of benzene rings is 1. The number of nitrogens with zero attached hydrogens (tertiary/aromatic N) is 2. The monoisotopic (exact) mass is 440 g/mol. The number of unbranched alkanes of at least 4 members (excludes halogenated alkanes) is 4.